The number of unbranched alkanes of at least 4 members (excludes halogenated alkanes) is 1. The number of likely N-dealkylation sites (tertiary alicyclic amines) is 1. The summed E-state index contributed by atoms with van der Waals surface area (Å²) >= 11 is 5.52. The Hall–Kier alpha value is -3.40. The van der Waals surface area contributed by atoms with E-state index in [1.165, 1.54) is 0 Å². The van der Waals surface area contributed by atoms with E-state index in [1.807, 2.05) is 72.8 Å². The summed E-state index contributed by atoms with van der Waals surface area (Å²) < 4.78 is -0.778. The second kappa shape index (κ2) is 13.1. The minimum absolute atomic E-state index is 0.00386. The van der Waals surface area contributed by atoms with Crippen LogP contribution in [0.2, 0.25) is 0 Å². The predicted molar refractivity (Wildman–Crippen MR) is 186 cm³/mol. The summed E-state index contributed by atoms with van der Waals surface area (Å²) in [7, 11) is 0. The maximum Gasteiger partial charge on any atom is 0.251 e. The molecule has 6 atom stereocenters. The predicted octanol–water partition coefficient (Wildman–Crippen LogP) is 5.82. The molecule has 3 saturated heterocycles. The Morgan fingerprint density at radius 1 is 0.933 bits per heavy atom. The van der Waals surface area contributed by atoms with Crippen LogP contribution in [0.15, 0.2) is 98.1 Å². The van der Waals surface area contributed by atoms with Gasteiger partial charge in [-0.25, -0.2) is 0 Å². The van der Waals surface area contributed by atoms with Crippen LogP contribution in [0.25, 0.3) is 10.8 Å². The van der Waals surface area contributed by atoms with E-state index in [9.17, 15) is 19.5 Å². The molecule has 1 N–H and O–H groups in total. The molecule has 0 aromatic heterocycles. The number of aliphatic hydroxyl groups is 1. The molecule has 3 aliphatic heterocycles. The summed E-state index contributed by atoms with van der Waals surface area (Å²) in [6.45, 7) is 8.77. The molecular weight excluding hydrogens is 650 g/mol. The van der Waals surface area contributed by atoms with Crippen molar-refractivity contribution in [2.24, 2.45) is 11.8 Å². The van der Waals surface area contributed by atoms with E-state index in [-0.39, 0.29) is 41.0 Å². The number of para-hydroxylation sites is 1. The number of fused-ring (bicyclic) bond motifs is 2. The lowest BCUT2D eigenvalue weighted by molar-refractivity contribution is -0.139. The second-order valence-electron chi connectivity index (χ2n) is 12.0. The van der Waals surface area contributed by atoms with Crippen LogP contribution in [0.4, 0.5) is 11.4 Å². The zero-order chi connectivity index (χ0) is 31.7. The Kier molecular flexibility index (Phi) is 9.22. The van der Waals surface area contributed by atoms with Crippen LogP contribution in [-0.2, 0) is 14.4 Å². The van der Waals surface area contributed by atoms with Crippen molar-refractivity contribution in [1.82, 2.24) is 4.90 Å². The van der Waals surface area contributed by atoms with Gasteiger partial charge in [-0.05, 0) is 54.3 Å². The van der Waals surface area contributed by atoms with Crippen LogP contribution in [0, 0.1) is 11.8 Å². The van der Waals surface area contributed by atoms with E-state index in [4.69, 9.17) is 0 Å². The molecule has 3 aliphatic rings. The second-order valence-corrected chi connectivity index (χ2v) is 14.7. The highest BCUT2D eigenvalue weighted by Gasteiger charge is 2.76. The minimum Gasteiger partial charge on any atom is -0.396 e. The highest BCUT2D eigenvalue weighted by molar-refractivity contribution is 9.09. The van der Waals surface area contributed by atoms with Gasteiger partial charge in [0.25, 0.3) is 5.91 Å². The molecule has 3 aromatic carbocycles. The SMILES string of the molecule is C=CCN(C(=O)C1N(CCCCO)C(=O)[C@@H]2[C@@H](C(=O)N(CC=C)c3ccccc3)[C@@H]3SC12CC3Br)c1ccc2ccccc2c1. The number of alkyl halides is 1. The van der Waals surface area contributed by atoms with Gasteiger partial charge in [-0.15, -0.1) is 24.9 Å². The number of thioether (sulfide) groups is 1. The van der Waals surface area contributed by atoms with Gasteiger partial charge in [0.2, 0.25) is 11.8 Å². The van der Waals surface area contributed by atoms with E-state index in [0.717, 1.165) is 22.1 Å². The molecule has 1 spiro atoms. The van der Waals surface area contributed by atoms with Gasteiger partial charge < -0.3 is 19.8 Å². The van der Waals surface area contributed by atoms with Crippen molar-refractivity contribution < 1.29 is 19.5 Å². The normalized spacial score (nSPS) is 26.6. The Bertz CT molecular complexity index is 1620. The number of anilines is 2. The fraction of sp³-hybridized carbons (Fsp3) is 0.361. The van der Waals surface area contributed by atoms with Gasteiger partial charge in [-0.3, -0.25) is 14.4 Å². The molecule has 234 valence electrons. The standard InChI is InChI=1S/C36H38BrN3O4S/c1-3-18-38(26-14-6-5-7-15-26)33(42)29-30-34(43)40(20-10-11-21-41)32(36(30)23-28(37)31(29)45-36)35(44)39(19-4-2)27-17-16-24-12-8-9-13-25(24)22-27/h3-9,12-17,22,28-32,41H,1-2,10-11,18-21,23H2/t28?,29-,30+,31-,32?,36?/m1/s1. The largest absolute Gasteiger partial charge is 0.396 e. The van der Waals surface area contributed by atoms with E-state index in [0.29, 0.717) is 32.4 Å². The molecule has 3 heterocycles. The van der Waals surface area contributed by atoms with E-state index < -0.39 is 22.6 Å². The third-order valence-corrected chi connectivity index (χ3v) is 12.6. The Labute approximate surface area is 277 Å². The van der Waals surface area contributed by atoms with Gasteiger partial charge in [0.05, 0.1) is 16.6 Å². The highest BCUT2D eigenvalue weighted by Crippen LogP contribution is 2.68. The topological polar surface area (TPSA) is 81.2 Å². The smallest absolute Gasteiger partial charge is 0.251 e. The van der Waals surface area contributed by atoms with Gasteiger partial charge >= 0.3 is 0 Å². The average molecular weight is 689 g/mol. The molecular formula is C36H38BrN3O4S. The number of aliphatic hydroxyl groups excluding tert-OH is 1. The molecule has 3 amide bonds. The molecule has 0 aliphatic carbocycles. The maximum atomic E-state index is 14.9. The summed E-state index contributed by atoms with van der Waals surface area (Å²) in [6, 6.07) is 22.7. The summed E-state index contributed by atoms with van der Waals surface area (Å²) in [5, 5.41) is 11.5. The number of carbonyl (C=O) groups excluding carboxylic acids is 3. The van der Waals surface area contributed by atoms with Crippen molar-refractivity contribution in [3.05, 3.63) is 98.1 Å². The zero-order valence-corrected chi connectivity index (χ0v) is 27.5. The van der Waals surface area contributed by atoms with E-state index in [1.54, 1.807) is 38.6 Å². The number of amides is 3. The molecule has 0 radical (unpaired) electrons. The number of halogens is 1. The lowest BCUT2D eigenvalue weighted by Crippen LogP contribution is -2.56. The molecule has 6 rings (SSSR count). The zero-order valence-electron chi connectivity index (χ0n) is 25.1. The van der Waals surface area contributed by atoms with Crippen molar-refractivity contribution in [3.8, 4) is 0 Å². The van der Waals surface area contributed by atoms with E-state index >= 15 is 0 Å². The molecule has 45 heavy (non-hydrogen) atoms. The number of benzene rings is 3. The number of nitrogens with zero attached hydrogens (tertiary/aromatic N) is 3. The Morgan fingerprint density at radius 2 is 1.60 bits per heavy atom. The van der Waals surface area contributed by atoms with Crippen LogP contribution in [0.3, 0.4) is 0 Å². The maximum absolute atomic E-state index is 14.9. The molecule has 9 heteroatoms. The van der Waals surface area contributed by atoms with Gasteiger partial charge in [-0.2, -0.15) is 0 Å². The van der Waals surface area contributed by atoms with Crippen molar-refractivity contribution in [2.75, 3.05) is 36.0 Å². The number of carbonyl (C=O) groups is 3. The van der Waals surface area contributed by atoms with Crippen molar-refractivity contribution in [3.63, 3.8) is 0 Å². The van der Waals surface area contributed by atoms with Crippen LogP contribution >= 0.6 is 27.7 Å². The number of hydrogen-bond donors (Lipinski definition) is 1. The van der Waals surface area contributed by atoms with Gasteiger partial charge in [0, 0.05) is 47.7 Å². The third-order valence-electron chi connectivity index (χ3n) is 9.38. The lowest BCUT2D eigenvalue weighted by Gasteiger charge is -2.38. The first-order chi connectivity index (χ1) is 21.9. The van der Waals surface area contributed by atoms with Crippen LogP contribution in [-0.4, -0.2) is 74.8 Å². The van der Waals surface area contributed by atoms with Crippen LogP contribution in [0.5, 0.6) is 0 Å². The first-order valence-corrected chi connectivity index (χ1v) is 17.3. The van der Waals surface area contributed by atoms with Crippen LogP contribution < -0.4 is 9.80 Å². The van der Waals surface area contributed by atoms with Gasteiger partial charge in [0.15, 0.2) is 0 Å². The first kappa shape index (κ1) is 31.6. The van der Waals surface area contributed by atoms with Crippen molar-refractivity contribution >= 4 is 67.6 Å². The number of rotatable bonds is 12. The Balaban J connectivity index is 1.42. The summed E-state index contributed by atoms with van der Waals surface area (Å²) in [4.78, 5) is 49.1. The molecule has 3 aromatic rings. The molecule has 7 nitrogen and oxygen atoms in total. The molecule has 3 unspecified atom stereocenters. The van der Waals surface area contributed by atoms with Crippen LogP contribution in [0.1, 0.15) is 19.3 Å². The third kappa shape index (κ3) is 5.42. The Morgan fingerprint density at radius 3 is 2.29 bits per heavy atom. The fourth-order valence-electron chi connectivity index (χ4n) is 7.51. The molecule has 2 bridgehead atoms. The van der Waals surface area contributed by atoms with Crippen molar-refractivity contribution in [2.45, 2.75) is 40.1 Å². The minimum atomic E-state index is -0.778. The average Bonchev–Trinajstić information content (AvgIpc) is 3.65. The highest BCUT2D eigenvalue weighted by atomic mass is 79.9. The summed E-state index contributed by atoms with van der Waals surface area (Å²) in [6.07, 6.45) is 5.09. The number of hydrogen-bond acceptors (Lipinski definition) is 5. The quantitative estimate of drug-likeness (QED) is 0.148. The first-order valence-electron chi connectivity index (χ1n) is 15.5. The fourth-order valence-corrected chi connectivity index (χ4v) is 11.1. The molecule has 3 fully saturated rings. The summed E-state index contributed by atoms with van der Waals surface area (Å²) in [5.74, 6) is -1.69. The summed E-state index contributed by atoms with van der Waals surface area (Å²) in [5.41, 5.74) is 1.49. The van der Waals surface area contributed by atoms with Gasteiger partial charge in [0.1, 0.15) is 6.04 Å². The van der Waals surface area contributed by atoms with E-state index in [2.05, 4.69) is 29.1 Å². The monoisotopic (exact) mass is 687 g/mol. The lowest BCUT2D eigenvalue weighted by atomic mass is 9.70. The van der Waals surface area contributed by atoms with Gasteiger partial charge in [-0.1, -0.05) is 76.6 Å². The molecule has 0 saturated carbocycles. The van der Waals surface area contributed by atoms with Crippen molar-refractivity contribution in [1.29, 1.82) is 0 Å².